The minimum absolute atomic E-state index is 0.0486. The predicted octanol–water partition coefficient (Wildman–Crippen LogP) is 1.53. The van der Waals surface area contributed by atoms with Gasteiger partial charge in [-0.2, -0.15) is 0 Å². The predicted molar refractivity (Wildman–Crippen MR) is 74.4 cm³/mol. The molecule has 0 saturated heterocycles. The fraction of sp³-hybridized carbons (Fsp3) is 0.357. The van der Waals surface area contributed by atoms with Crippen molar-refractivity contribution in [2.24, 2.45) is 11.7 Å². The summed E-state index contributed by atoms with van der Waals surface area (Å²) >= 11 is 0. The first-order chi connectivity index (χ1) is 9.29. The number of carbonyl (C=O) groups is 3. The first-order valence-electron chi connectivity index (χ1n) is 6.21. The van der Waals surface area contributed by atoms with E-state index in [4.69, 9.17) is 10.8 Å². The molecule has 2 amide bonds. The molecule has 6 heteroatoms. The van der Waals surface area contributed by atoms with Crippen molar-refractivity contribution in [3.05, 3.63) is 29.3 Å². The van der Waals surface area contributed by atoms with E-state index in [1.54, 1.807) is 26.0 Å². The molecule has 1 rings (SSSR count). The Hall–Kier alpha value is -2.37. The number of aryl methyl sites for hydroxylation is 1. The lowest BCUT2D eigenvalue weighted by Crippen LogP contribution is -2.18. The van der Waals surface area contributed by atoms with Gasteiger partial charge >= 0.3 is 5.97 Å². The first-order valence-corrected chi connectivity index (χ1v) is 6.21. The summed E-state index contributed by atoms with van der Waals surface area (Å²) in [6.45, 7) is 3.46. The quantitative estimate of drug-likeness (QED) is 0.733. The highest BCUT2D eigenvalue weighted by Crippen LogP contribution is 2.17. The van der Waals surface area contributed by atoms with Gasteiger partial charge in [-0.15, -0.1) is 0 Å². The van der Waals surface area contributed by atoms with Crippen molar-refractivity contribution < 1.29 is 19.5 Å². The van der Waals surface area contributed by atoms with Gasteiger partial charge in [0.15, 0.2) is 0 Å². The van der Waals surface area contributed by atoms with Crippen molar-refractivity contribution in [2.75, 3.05) is 5.32 Å². The fourth-order valence-electron chi connectivity index (χ4n) is 1.85. The molecule has 0 radical (unpaired) electrons. The van der Waals surface area contributed by atoms with Crippen LogP contribution in [0.15, 0.2) is 18.2 Å². The van der Waals surface area contributed by atoms with Gasteiger partial charge in [-0.25, -0.2) is 0 Å². The van der Waals surface area contributed by atoms with Crippen molar-refractivity contribution in [1.29, 1.82) is 0 Å². The van der Waals surface area contributed by atoms with Crippen LogP contribution in [0.25, 0.3) is 0 Å². The number of hydrogen-bond acceptors (Lipinski definition) is 3. The molecule has 1 aromatic rings. The first kappa shape index (κ1) is 15.7. The highest BCUT2D eigenvalue weighted by molar-refractivity contribution is 5.95. The number of amides is 2. The lowest BCUT2D eigenvalue weighted by atomic mass is 10.0. The molecule has 1 atom stereocenters. The number of carbonyl (C=O) groups excluding carboxylic acids is 2. The van der Waals surface area contributed by atoms with E-state index in [0.29, 0.717) is 11.3 Å². The molecule has 6 nitrogen and oxygen atoms in total. The summed E-state index contributed by atoms with van der Waals surface area (Å²) in [4.78, 5) is 33.3. The Bertz CT molecular complexity index is 540. The van der Waals surface area contributed by atoms with Crippen molar-refractivity contribution in [3.8, 4) is 0 Å². The van der Waals surface area contributed by atoms with Crippen LogP contribution in [0.2, 0.25) is 0 Å². The van der Waals surface area contributed by atoms with Crippen molar-refractivity contribution in [3.63, 3.8) is 0 Å². The molecule has 1 aromatic carbocycles. The molecule has 0 fully saturated rings. The molecule has 4 N–H and O–H groups in total. The third kappa shape index (κ3) is 4.72. The maximum absolute atomic E-state index is 11.8. The average Bonchev–Trinajstić information content (AvgIpc) is 2.30. The smallest absolute Gasteiger partial charge is 0.303 e. The SMILES string of the molecule is Cc1cc(C(N)=O)ccc1NC(=O)CC(C)CC(=O)O. The maximum Gasteiger partial charge on any atom is 0.303 e. The number of nitrogens with two attached hydrogens (primary N) is 1. The number of primary amides is 1. The van der Waals surface area contributed by atoms with Gasteiger partial charge in [-0.1, -0.05) is 6.92 Å². The number of carboxylic acids is 1. The second-order valence-electron chi connectivity index (χ2n) is 4.85. The van der Waals surface area contributed by atoms with Gasteiger partial charge in [-0.05, 0) is 36.6 Å². The summed E-state index contributed by atoms with van der Waals surface area (Å²) in [5.74, 6) is -1.94. The zero-order chi connectivity index (χ0) is 15.3. The molecule has 20 heavy (non-hydrogen) atoms. The number of nitrogens with one attached hydrogen (secondary N) is 1. The monoisotopic (exact) mass is 278 g/mol. The van der Waals surface area contributed by atoms with Crippen LogP contribution in [0.4, 0.5) is 5.69 Å². The van der Waals surface area contributed by atoms with Crippen molar-refractivity contribution in [1.82, 2.24) is 0 Å². The zero-order valence-corrected chi connectivity index (χ0v) is 11.5. The molecule has 0 aliphatic heterocycles. The van der Waals surface area contributed by atoms with Crippen LogP contribution < -0.4 is 11.1 Å². The summed E-state index contributed by atoms with van der Waals surface area (Å²) in [6.07, 6.45) is 0.0797. The van der Waals surface area contributed by atoms with E-state index in [1.165, 1.54) is 6.07 Å². The van der Waals surface area contributed by atoms with Crippen LogP contribution in [0.5, 0.6) is 0 Å². The molecule has 1 unspecified atom stereocenters. The summed E-state index contributed by atoms with van der Waals surface area (Å²) in [5.41, 5.74) is 6.85. The van der Waals surface area contributed by atoms with Gasteiger partial charge in [0.1, 0.15) is 0 Å². The minimum atomic E-state index is -0.924. The van der Waals surface area contributed by atoms with Crippen LogP contribution in [-0.4, -0.2) is 22.9 Å². The second kappa shape index (κ2) is 6.70. The highest BCUT2D eigenvalue weighted by Gasteiger charge is 2.13. The topological polar surface area (TPSA) is 109 Å². The molecule has 0 heterocycles. The Balaban J connectivity index is 2.67. The molecule has 0 aliphatic rings. The van der Waals surface area contributed by atoms with E-state index in [9.17, 15) is 14.4 Å². The van der Waals surface area contributed by atoms with E-state index in [2.05, 4.69) is 5.32 Å². The molecule has 0 spiro atoms. The van der Waals surface area contributed by atoms with Gasteiger partial charge in [-0.3, -0.25) is 14.4 Å². The summed E-state index contributed by atoms with van der Waals surface area (Å²) in [5, 5.41) is 11.3. The van der Waals surface area contributed by atoms with Crippen LogP contribution in [0.1, 0.15) is 35.7 Å². The van der Waals surface area contributed by atoms with Crippen LogP contribution in [-0.2, 0) is 9.59 Å². The van der Waals surface area contributed by atoms with E-state index in [1.807, 2.05) is 0 Å². The lowest BCUT2D eigenvalue weighted by Gasteiger charge is -2.11. The lowest BCUT2D eigenvalue weighted by molar-refractivity contribution is -0.138. The molecule has 0 aliphatic carbocycles. The summed E-state index contributed by atoms with van der Waals surface area (Å²) < 4.78 is 0. The second-order valence-corrected chi connectivity index (χ2v) is 4.85. The Labute approximate surface area is 117 Å². The molecule has 0 bridgehead atoms. The van der Waals surface area contributed by atoms with E-state index < -0.39 is 11.9 Å². The van der Waals surface area contributed by atoms with Gasteiger partial charge in [0.25, 0.3) is 0 Å². The van der Waals surface area contributed by atoms with Gasteiger partial charge in [0.2, 0.25) is 11.8 Å². The van der Waals surface area contributed by atoms with Gasteiger partial charge in [0.05, 0.1) is 0 Å². The Morgan fingerprint density at radius 3 is 2.45 bits per heavy atom. The van der Waals surface area contributed by atoms with E-state index >= 15 is 0 Å². The van der Waals surface area contributed by atoms with Crippen molar-refractivity contribution in [2.45, 2.75) is 26.7 Å². The van der Waals surface area contributed by atoms with Crippen LogP contribution >= 0.6 is 0 Å². The summed E-state index contributed by atoms with van der Waals surface area (Å²) in [6, 6.07) is 4.74. The van der Waals surface area contributed by atoms with Crippen LogP contribution in [0.3, 0.4) is 0 Å². The van der Waals surface area contributed by atoms with Gasteiger partial charge in [0, 0.05) is 24.1 Å². The van der Waals surface area contributed by atoms with E-state index in [-0.39, 0.29) is 24.7 Å². The molecular formula is C14H18N2O4. The largest absolute Gasteiger partial charge is 0.481 e. The number of carboxylic acid groups (broad SMARTS) is 1. The average molecular weight is 278 g/mol. The minimum Gasteiger partial charge on any atom is -0.481 e. The summed E-state index contributed by atoms with van der Waals surface area (Å²) in [7, 11) is 0. The molecular weight excluding hydrogens is 260 g/mol. The molecule has 0 aromatic heterocycles. The molecule has 108 valence electrons. The van der Waals surface area contributed by atoms with Gasteiger partial charge < -0.3 is 16.2 Å². The third-order valence-electron chi connectivity index (χ3n) is 2.84. The number of rotatable bonds is 6. The normalized spacial score (nSPS) is 11.7. The number of hydrogen-bond donors (Lipinski definition) is 3. The highest BCUT2D eigenvalue weighted by atomic mass is 16.4. The standard InChI is InChI=1S/C14H18N2O4/c1-8(6-13(18)19)5-12(17)16-11-4-3-10(14(15)20)7-9(11)2/h3-4,7-8H,5-6H2,1-2H3,(H2,15,20)(H,16,17)(H,18,19). The van der Waals surface area contributed by atoms with Crippen molar-refractivity contribution >= 4 is 23.5 Å². The third-order valence-corrected chi connectivity index (χ3v) is 2.84. The number of anilines is 1. The van der Waals surface area contributed by atoms with E-state index in [0.717, 1.165) is 5.56 Å². The number of aliphatic carboxylic acids is 1. The van der Waals surface area contributed by atoms with Crippen LogP contribution in [0, 0.1) is 12.8 Å². The fourth-order valence-corrected chi connectivity index (χ4v) is 1.85. The zero-order valence-electron chi connectivity index (χ0n) is 11.5. The number of benzene rings is 1. The maximum atomic E-state index is 11.8. The Kier molecular flexibility index (Phi) is 5.25. The molecule has 0 saturated carbocycles. The Morgan fingerprint density at radius 1 is 1.30 bits per heavy atom. The Morgan fingerprint density at radius 2 is 1.95 bits per heavy atom.